The van der Waals surface area contributed by atoms with Crippen molar-refractivity contribution < 1.29 is 4.74 Å². The van der Waals surface area contributed by atoms with Gasteiger partial charge in [0.25, 0.3) is 0 Å². The van der Waals surface area contributed by atoms with Crippen LogP contribution in [0.25, 0.3) is 11.3 Å². The average Bonchev–Trinajstić information content (AvgIpc) is 2.62. The summed E-state index contributed by atoms with van der Waals surface area (Å²) in [4.78, 5) is 4.30. The summed E-state index contributed by atoms with van der Waals surface area (Å²) in [5, 5.41) is 0. The molecule has 2 aromatic rings. The molecule has 0 unspecified atom stereocenters. The lowest BCUT2D eigenvalue weighted by molar-refractivity contribution is 0.338. The summed E-state index contributed by atoms with van der Waals surface area (Å²) < 4.78 is 7.31. The fourth-order valence-electron chi connectivity index (χ4n) is 1.75. The molecule has 4 nitrogen and oxygen atoms in total. The van der Waals surface area contributed by atoms with E-state index in [0.29, 0.717) is 12.6 Å². The highest BCUT2D eigenvalue weighted by Gasteiger charge is 2.07. The fourth-order valence-corrected chi connectivity index (χ4v) is 1.75. The fraction of sp³-hybridized carbons (Fsp3) is 0.308. The number of imidazole rings is 1. The van der Waals surface area contributed by atoms with Gasteiger partial charge in [0.05, 0.1) is 12.3 Å². The van der Waals surface area contributed by atoms with Gasteiger partial charge in [0.2, 0.25) is 0 Å². The van der Waals surface area contributed by atoms with Crippen LogP contribution in [-0.4, -0.2) is 16.2 Å². The van der Waals surface area contributed by atoms with Crippen LogP contribution in [0.3, 0.4) is 0 Å². The molecule has 0 saturated carbocycles. The van der Waals surface area contributed by atoms with Crippen LogP contribution in [0.2, 0.25) is 0 Å². The molecule has 0 aliphatic rings. The van der Waals surface area contributed by atoms with Gasteiger partial charge in [-0.15, -0.1) is 0 Å². The monoisotopic (exact) mass is 231 g/mol. The van der Waals surface area contributed by atoms with Crippen LogP contribution in [0.5, 0.6) is 5.75 Å². The van der Waals surface area contributed by atoms with E-state index in [1.807, 2.05) is 39.2 Å². The highest BCUT2D eigenvalue weighted by molar-refractivity contribution is 5.63. The van der Waals surface area contributed by atoms with E-state index in [4.69, 9.17) is 10.5 Å². The molecule has 0 aliphatic heterocycles. The highest BCUT2D eigenvalue weighted by atomic mass is 16.5. The van der Waals surface area contributed by atoms with E-state index >= 15 is 0 Å². The molecule has 2 N–H and O–H groups in total. The Morgan fingerprint density at radius 1 is 1.41 bits per heavy atom. The number of hydrogen-bond donors (Lipinski definition) is 1. The zero-order valence-corrected chi connectivity index (χ0v) is 10.4. The number of rotatable bonds is 3. The third kappa shape index (κ3) is 2.25. The van der Waals surface area contributed by atoms with E-state index < -0.39 is 0 Å². The summed E-state index contributed by atoms with van der Waals surface area (Å²) in [6.07, 6.45) is 1.92. The van der Waals surface area contributed by atoms with Crippen molar-refractivity contribution >= 4 is 5.95 Å². The minimum atomic E-state index is 0.520. The number of nitrogens with zero attached hydrogens (tertiary/aromatic N) is 2. The second-order valence-corrected chi connectivity index (χ2v) is 4.01. The molecule has 0 atom stereocenters. The van der Waals surface area contributed by atoms with E-state index in [1.54, 1.807) is 4.57 Å². The Hall–Kier alpha value is -1.97. The first-order valence-electron chi connectivity index (χ1n) is 5.64. The topological polar surface area (TPSA) is 53.1 Å². The highest BCUT2D eigenvalue weighted by Crippen LogP contribution is 2.25. The third-order valence-corrected chi connectivity index (χ3v) is 2.68. The minimum Gasteiger partial charge on any atom is -0.494 e. The summed E-state index contributed by atoms with van der Waals surface area (Å²) in [5.41, 5.74) is 8.77. The van der Waals surface area contributed by atoms with Gasteiger partial charge in [-0.1, -0.05) is 0 Å². The Balaban J connectivity index is 2.37. The van der Waals surface area contributed by atoms with Gasteiger partial charge in [0, 0.05) is 18.8 Å². The first-order chi connectivity index (χ1) is 8.11. The zero-order chi connectivity index (χ0) is 12.4. The molecule has 1 aromatic heterocycles. The molecular weight excluding hydrogens is 214 g/mol. The lowest BCUT2D eigenvalue weighted by Crippen LogP contribution is -1.94. The van der Waals surface area contributed by atoms with Crippen molar-refractivity contribution in [2.45, 2.75) is 13.8 Å². The number of hydrogen-bond acceptors (Lipinski definition) is 3. The molecule has 0 spiro atoms. The van der Waals surface area contributed by atoms with Crippen molar-refractivity contribution in [2.24, 2.45) is 7.05 Å². The predicted octanol–water partition coefficient (Wildman–Crippen LogP) is 2.38. The first kappa shape index (κ1) is 11.5. The maximum atomic E-state index is 5.72. The van der Waals surface area contributed by atoms with E-state index in [9.17, 15) is 0 Å². The molecule has 1 aromatic carbocycles. The summed E-state index contributed by atoms with van der Waals surface area (Å²) in [6, 6.07) is 6.03. The Morgan fingerprint density at radius 3 is 2.71 bits per heavy atom. The Kier molecular flexibility index (Phi) is 3.04. The van der Waals surface area contributed by atoms with E-state index in [1.165, 1.54) is 0 Å². The third-order valence-electron chi connectivity index (χ3n) is 2.68. The molecule has 2 rings (SSSR count). The van der Waals surface area contributed by atoms with Crippen molar-refractivity contribution in [1.82, 2.24) is 9.55 Å². The van der Waals surface area contributed by atoms with Gasteiger partial charge in [-0.05, 0) is 37.6 Å². The van der Waals surface area contributed by atoms with Crippen molar-refractivity contribution in [1.29, 1.82) is 0 Å². The van der Waals surface area contributed by atoms with E-state index in [0.717, 1.165) is 22.6 Å². The summed E-state index contributed by atoms with van der Waals surface area (Å²) in [6.45, 7) is 4.68. The maximum Gasteiger partial charge on any atom is 0.200 e. The van der Waals surface area contributed by atoms with Gasteiger partial charge in [-0.2, -0.15) is 0 Å². The molecule has 0 radical (unpaired) electrons. The van der Waals surface area contributed by atoms with Crippen LogP contribution in [0.4, 0.5) is 5.95 Å². The summed E-state index contributed by atoms with van der Waals surface area (Å²) >= 11 is 0. The van der Waals surface area contributed by atoms with Crippen LogP contribution in [0, 0.1) is 6.92 Å². The lowest BCUT2D eigenvalue weighted by atomic mass is 10.1. The Labute approximate surface area is 101 Å². The van der Waals surface area contributed by atoms with Crippen LogP contribution >= 0.6 is 0 Å². The number of anilines is 1. The maximum absolute atomic E-state index is 5.72. The smallest absolute Gasteiger partial charge is 0.200 e. The molecule has 0 aliphatic carbocycles. The Morgan fingerprint density at radius 2 is 2.18 bits per heavy atom. The quantitative estimate of drug-likeness (QED) is 0.882. The molecule has 17 heavy (non-hydrogen) atoms. The van der Waals surface area contributed by atoms with Gasteiger partial charge < -0.3 is 15.0 Å². The SMILES string of the molecule is CCOc1ccc(-c2cn(C)c(N)n2)cc1C. The van der Waals surface area contributed by atoms with Crippen molar-refractivity contribution in [3.63, 3.8) is 0 Å². The van der Waals surface area contributed by atoms with Gasteiger partial charge in [0.1, 0.15) is 5.75 Å². The van der Waals surface area contributed by atoms with Crippen LogP contribution in [-0.2, 0) is 7.05 Å². The first-order valence-corrected chi connectivity index (χ1v) is 5.64. The standard InChI is InChI=1S/C13H17N3O/c1-4-17-12-6-5-10(7-9(12)2)11-8-16(3)13(14)15-11/h5-8H,4H2,1-3H3,(H2,14,15). The number of aromatic nitrogens is 2. The number of nitrogens with two attached hydrogens (primary N) is 1. The predicted molar refractivity (Wildman–Crippen MR) is 69.0 cm³/mol. The number of ether oxygens (including phenoxy) is 1. The summed E-state index contributed by atoms with van der Waals surface area (Å²) in [5.74, 6) is 1.44. The normalized spacial score (nSPS) is 10.5. The zero-order valence-electron chi connectivity index (χ0n) is 10.4. The van der Waals surface area contributed by atoms with Crippen LogP contribution in [0.15, 0.2) is 24.4 Å². The molecular formula is C13H17N3O. The van der Waals surface area contributed by atoms with Crippen LogP contribution in [0.1, 0.15) is 12.5 Å². The average molecular weight is 231 g/mol. The number of aryl methyl sites for hydroxylation is 2. The largest absolute Gasteiger partial charge is 0.494 e. The van der Waals surface area contributed by atoms with Gasteiger partial charge in [-0.25, -0.2) is 4.98 Å². The van der Waals surface area contributed by atoms with Crippen molar-refractivity contribution in [2.75, 3.05) is 12.3 Å². The molecule has 0 amide bonds. The molecule has 1 heterocycles. The number of benzene rings is 1. The van der Waals surface area contributed by atoms with Gasteiger partial charge in [0.15, 0.2) is 5.95 Å². The second kappa shape index (κ2) is 4.49. The molecule has 90 valence electrons. The number of nitrogen functional groups attached to an aromatic ring is 1. The second-order valence-electron chi connectivity index (χ2n) is 4.01. The molecule has 0 fully saturated rings. The van der Waals surface area contributed by atoms with Crippen molar-refractivity contribution in [3.8, 4) is 17.0 Å². The molecule has 0 bridgehead atoms. The van der Waals surface area contributed by atoms with Gasteiger partial charge >= 0.3 is 0 Å². The van der Waals surface area contributed by atoms with E-state index in [-0.39, 0.29) is 0 Å². The Bertz CT molecular complexity index is 512. The van der Waals surface area contributed by atoms with E-state index in [2.05, 4.69) is 11.1 Å². The van der Waals surface area contributed by atoms with Crippen LogP contribution < -0.4 is 10.5 Å². The molecule has 0 saturated heterocycles. The van der Waals surface area contributed by atoms with Crippen molar-refractivity contribution in [3.05, 3.63) is 30.0 Å². The molecule has 4 heteroatoms. The lowest BCUT2D eigenvalue weighted by Gasteiger charge is -2.07. The summed E-state index contributed by atoms with van der Waals surface area (Å²) in [7, 11) is 1.88. The minimum absolute atomic E-state index is 0.520. The van der Waals surface area contributed by atoms with Gasteiger partial charge in [-0.3, -0.25) is 0 Å².